The second kappa shape index (κ2) is 6.42. The average Bonchev–Trinajstić information content (AvgIpc) is 2.45. The van der Waals surface area contributed by atoms with E-state index in [9.17, 15) is 23.6 Å². The zero-order valence-corrected chi connectivity index (χ0v) is 13.7. The molecule has 8 nitrogen and oxygen atoms in total. The lowest BCUT2D eigenvalue weighted by Gasteiger charge is -2.33. The number of aliphatic hydroxyl groups is 1. The smallest absolute Gasteiger partial charge is 0.293 e. The normalized spacial score (nSPS) is 25.1. The number of anilines is 1. The van der Waals surface area contributed by atoms with Crippen molar-refractivity contribution in [3.8, 4) is 0 Å². The van der Waals surface area contributed by atoms with Crippen molar-refractivity contribution in [1.82, 2.24) is 0 Å². The predicted octanol–water partition coefficient (Wildman–Crippen LogP) is 1.60. The first-order valence-corrected chi connectivity index (χ1v) is 8.91. The van der Waals surface area contributed by atoms with Gasteiger partial charge in [0.1, 0.15) is 5.69 Å². The van der Waals surface area contributed by atoms with Crippen LogP contribution in [0.25, 0.3) is 0 Å². The van der Waals surface area contributed by atoms with Crippen LogP contribution in [0.1, 0.15) is 32.6 Å². The number of nitrogens with one attached hydrogen (secondary N) is 1. The molecule has 128 valence electrons. The summed E-state index contributed by atoms with van der Waals surface area (Å²) in [4.78, 5) is 10.2. The van der Waals surface area contributed by atoms with Gasteiger partial charge in [0.2, 0.25) is 10.0 Å². The highest BCUT2D eigenvalue weighted by molar-refractivity contribution is 7.89. The first kappa shape index (κ1) is 17.6. The fourth-order valence-electron chi connectivity index (χ4n) is 2.75. The molecule has 0 bridgehead atoms. The summed E-state index contributed by atoms with van der Waals surface area (Å²) < 4.78 is 22.6. The van der Waals surface area contributed by atoms with Gasteiger partial charge in [-0.3, -0.25) is 10.1 Å². The number of hydrogen-bond acceptors (Lipinski definition) is 6. The number of nitrogens with zero attached hydrogens (tertiary/aromatic N) is 1. The second-order valence-corrected chi connectivity index (χ2v) is 7.86. The molecule has 0 aliphatic heterocycles. The van der Waals surface area contributed by atoms with Crippen molar-refractivity contribution in [2.75, 3.05) is 11.9 Å². The quantitative estimate of drug-likeness (QED) is 0.549. The number of nitro benzene ring substituents is 1. The number of nitro groups is 1. The van der Waals surface area contributed by atoms with Gasteiger partial charge in [-0.05, 0) is 50.7 Å². The van der Waals surface area contributed by atoms with Crippen molar-refractivity contribution < 1.29 is 18.4 Å². The maximum absolute atomic E-state index is 11.3. The van der Waals surface area contributed by atoms with Gasteiger partial charge < -0.3 is 10.4 Å². The van der Waals surface area contributed by atoms with Gasteiger partial charge in [-0.25, -0.2) is 13.6 Å². The molecule has 9 heteroatoms. The van der Waals surface area contributed by atoms with Crippen molar-refractivity contribution in [3.05, 3.63) is 28.3 Å². The fraction of sp³-hybridized carbons (Fsp3) is 0.571. The highest BCUT2D eigenvalue weighted by Crippen LogP contribution is 2.33. The molecule has 23 heavy (non-hydrogen) atoms. The molecule has 0 aromatic heterocycles. The van der Waals surface area contributed by atoms with Crippen molar-refractivity contribution in [3.63, 3.8) is 0 Å². The molecule has 0 atom stereocenters. The SMILES string of the molecule is C[C@]1(O)CC[C@H](CNc2ccc(S(N)(=O)=O)cc2[N+](=O)[O-])CC1. The summed E-state index contributed by atoms with van der Waals surface area (Å²) in [5.41, 5.74) is -0.682. The lowest BCUT2D eigenvalue weighted by atomic mass is 9.80. The van der Waals surface area contributed by atoms with Crippen LogP contribution in [0.2, 0.25) is 0 Å². The summed E-state index contributed by atoms with van der Waals surface area (Å²) in [6.45, 7) is 2.35. The van der Waals surface area contributed by atoms with Crippen LogP contribution >= 0.6 is 0 Å². The Bertz CT molecular complexity index is 692. The molecule has 1 aliphatic carbocycles. The van der Waals surface area contributed by atoms with Crippen LogP contribution in [0.5, 0.6) is 0 Å². The Balaban J connectivity index is 2.09. The van der Waals surface area contributed by atoms with E-state index in [1.165, 1.54) is 12.1 Å². The Morgan fingerprint density at radius 2 is 2.04 bits per heavy atom. The Morgan fingerprint density at radius 3 is 2.57 bits per heavy atom. The van der Waals surface area contributed by atoms with Crippen LogP contribution in [-0.4, -0.2) is 30.6 Å². The molecular weight excluding hydrogens is 322 g/mol. The minimum Gasteiger partial charge on any atom is -0.390 e. The number of sulfonamides is 1. The van der Waals surface area contributed by atoms with Crippen LogP contribution in [0.15, 0.2) is 23.1 Å². The van der Waals surface area contributed by atoms with Crippen molar-refractivity contribution in [2.45, 2.75) is 43.1 Å². The summed E-state index contributed by atoms with van der Waals surface area (Å²) in [6, 6.07) is 3.57. The lowest BCUT2D eigenvalue weighted by Crippen LogP contribution is -2.32. The molecule has 0 unspecified atom stereocenters. The maximum Gasteiger partial charge on any atom is 0.293 e. The summed E-state index contributed by atoms with van der Waals surface area (Å²) in [5, 5.41) is 29.1. The molecular formula is C14H21N3O5S. The minimum absolute atomic E-state index is 0.264. The van der Waals surface area contributed by atoms with Gasteiger partial charge in [0, 0.05) is 12.6 Å². The average molecular weight is 343 g/mol. The Kier molecular flexibility index (Phi) is 4.92. The van der Waals surface area contributed by atoms with E-state index < -0.39 is 20.5 Å². The highest BCUT2D eigenvalue weighted by Gasteiger charge is 2.29. The largest absolute Gasteiger partial charge is 0.390 e. The Labute approximate surface area is 134 Å². The molecule has 0 heterocycles. The van der Waals surface area contributed by atoms with Crippen LogP contribution in [-0.2, 0) is 10.0 Å². The molecule has 0 amide bonds. The zero-order valence-electron chi connectivity index (χ0n) is 12.9. The number of hydrogen-bond donors (Lipinski definition) is 3. The van der Waals surface area contributed by atoms with E-state index >= 15 is 0 Å². The summed E-state index contributed by atoms with van der Waals surface area (Å²) in [6.07, 6.45) is 3.07. The molecule has 1 fully saturated rings. The van der Waals surface area contributed by atoms with Gasteiger partial charge in [-0.2, -0.15) is 0 Å². The number of nitrogens with two attached hydrogens (primary N) is 1. The minimum atomic E-state index is -3.98. The monoisotopic (exact) mass is 343 g/mol. The summed E-state index contributed by atoms with van der Waals surface area (Å²) >= 11 is 0. The molecule has 2 rings (SSSR count). The number of rotatable bonds is 5. The summed E-state index contributed by atoms with van der Waals surface area (Å²) in [7, 11) is -3.98. The van der Waals surface area contributed by atoms with E-state index in [0.717, 1.165) is 18.9 Å². The van der Waals surface area contributed by atoms with Gasteiger partial charge in [0.05, 0.1) is 15.4 Å². The van der Waals surface area contributed by atoms with Gasteiger partial charge in [-0.15, -0.1) is 0 Å². The Morgan fingerprint density at radius 1 is 1.43 bits per heavy atom. The molecule has 0 saturated heterocycles. The molecule has 1 aliphatic rings. The molecule has 1 aromatic carbocycles. The van der Waals surface area contributed by atoms with Crippen LogP contribution < -0.4 is 10.5 Å². The van der Waals surface area contributed by atoms with Crippen LogP contribution in [0.4, 0.5) is 11.4 Å². The van der Waals surface area contributed by atoms with Crippen molar-refractivity contribution >= 4 is 21.4 Å². The van der Waals surface area contributed by atoms with E-state index in [4.69, 9.17) is 5.14 Å². The molecule has 0 spiro atoms. The lowest BCUT2D eigenvalue weighted by molar-refractivity contribution is -0.384. The third-order valence-corrected chi connectivity index (χ3v) is 5.17. The first-order chi connectivity index (χ1) is 10.6. The molecule has 0 radical (unpaired) electrons. The number of benzene rings is 1. The molecule has 1 saturated carbocycles. The standard InChI is InChI=1S/C14H21N3O5S/c1-14(18)6-4-10(5-7-14)9-16-12-3-2-11(23(15,21)22)8-13(12)17(19)20/h2-3,8,10,16,18H,4-7,9H2,1H3,(H2,15,21,22)/t10-,14-. The third-order valence-electron chi connectivity index (χ3n) is 4.26. The fourth-order valence-corrected chi connectivity index (χ4v) is 3.28. The van der Waals surface area contributed by atoms with E-state index in [2.05, 4.69) is 5.32 Å². The second-order valence-electron chi connectivity index (χ2n) is 6.30. The van der Waals surface area contributed by atoms with Gasteiger partial charge in [0.25, 0.3) is 5.69 Å². The van der Waals surface area contributed by atoms with Gasteiger partial charge in [0.15, 0.2) is 0 Å². The Hall–Kier alpha value is -1.71. The van der Waals surface area contributed by atoms with E-state index in [-0.39, 0.29) is 16.3 Å². The van der Waals surface area contributed by atoms with Crippen LogP contribution in [0.3, 0.4) is 0 Å². The third kappa shape index (κ3) is 4.63. The van der Waals surface area contributed by atoms with Crippen LogP contribution in [0, 0.1) is 16.0 Å². The highest BCUT2D eigenvalue weighted by atomic mass is 32.2. The maximum atomic E-state index is 11.3. The topological polar surface area (TPSA) is 136 Å². The van der Waals surface area contributed by atoms with E-state index in [0.29, 0.717) is 25.3 Å². The van der Waals surface area contributed by atoms with Gasteiger partial charge >= 0.3 is 0 Å². The van der Waals surface area contributed by atoms with E-state index in [1.807, 2.05) is 6.92 Å². The van der Waals surface area contributed by atoms with Crippen molar-refractivity contribution in [2.24, 2.45) is 11.1 Å². The molecule has 4 N–H and O–H groups in total. The molecule has 1 aromatic rings. The first-order valence-electron chi connectivity index (χ1n) is 7.36. The van der Waals surface area contributed by atoms with Crippen molar-refractivity contribution in [1.29, 1.82) is 0 Å². The zero-order chi connectivity index (χ0) is 17.3. The summed E-state index contributed by atoms with van der Waals surface area (Å²) in [5.74, 6) is 0.313. The van der Waals surface area contributed by atoms with E-state index in [1.54, 1.807) is 0 Å². The number of primary sulfonamides is 1. The predicted molar refractivity (Wildman–Crippen MR) is 85.5 cm³/mol. The van der Waals surface area contributed by atoms with Gasteiger partial charge in [-0.1, -0.05) is 0 Å².